The van der Waals surface area contributed by atoms with Crippen molar-refractivity contribution in [1.29, 1.82) is 0 Å². The van der Waals surface area contributed by atoms with Gasteiger partial charge >= 0.3 is 5.97 Å². The molecule has 148 valence electrons. The van der Waals surface area contributed by atoms with Crippen LogP contribution in [0, 0.1) is 0 Å². The van der Waals surface area contributed by atoms with E-state index in [2.05, 4.69) is 20.7 Å². The summed E-state index contributed by atoms with van der Waals surface area (Å²) in [7, 11) is 3.09. The van der Waals surface area contributed by atoms with Gasteiger partial charge in [0.1, 0.15) is 5.69 Å². The van der Waals surface area contributed by atoms with Gasteiger partial charge in [-0.05, 0) is 42.0 Å². The van der Waals surface area contributed by atoms with Crippen molar-refractivity contribution in [3.8, 4) is 22.8 Å². The average molecular weight is 394 g/mol. The predicted molar refractivity (Wildman–Crippen MR) is 106 cm³/mol. The van der Waals surface area contributed by atoms with Crippen molar-refractivity contribution in [2.45, 2.75) is 0 Å². The zero-order valence-electron chi connectivity index (χ0n) is 15.7. The number of ether oxygens (including phenoxy) is 2. The fourth-order valence-corrected chi connectivity index (χ4v) is 2.52. The fraction of sp³-hybridized carbons (Fsp3) is 0.100. The van der Waals surface area contributed by atoms with Gasteiger partial charge in [0, 0.05) is 5.56 Å². The summed E-state index contributed by atoms with van der Waals surface area (Å²) in [5, 5.41) is 19.6. The smallest absolute Gasteiger partial charge is 0.335 e. The Labute approximate surface area is 166 Å². The molecule has 9 nitrogen and oxygen atoms in total. The molecule has 0 aliphatic rings. The Hall–Kier alpha value is -4.14. The Balaban J connectivity index is 1.67. The monoisotopic (exact) mass is 394 g/mol. The first-order valence-corrected chi connectivity index (χ1v) is 8.46. The Morgan fingerprint density at radius 1 is 1.07 bits per heavy atom. The van der Waals surface area contributed by atoms with Crippen LogP contribution in [0.15, 0.2) is 53.6 Å². The minimum Gasteiger partial charge on any atom is -0.493 e. The highest BCUT2D eigenvalue weighted by Crippen LogP contribution is 2.31. The number of carboxylic acid groups (broad SMARTS) is 1. The minimum absolute atomic E-state index is 0.173. The normalized spacial score (nSPS) is 10.7. The van der Waals surface area contributed by atoms with Crippen molar-refractivity contribution >= 4 is 18.1 Å². The molecule has 0 aliphatic heterocycles. The standard InChI is InChI=1S/C20H18N4O5/c1-28-17-8-7-14(9-18(17)29-2)15-10-16(23-22-15)19(25)24-21-11-12-3-5-13(6-4-12)20(26)27/h3-11H,1-2H3,(H,22,23)(H,24,25)(H,26,27). The first-order valence-electron chi connectivity index (χ1n) is 8.46. The van der Waals surface area contributed by atoms with Gasteiger partial charge in [-0.2, -0.15) is 10.2 Å². The summed E-state index contributed by atoms with van der Waals surface area (Å²) < 4.78 is 10.5. The summed E-state index contributed by atoms with van der Waals surface area (Å²) in [5.41, 5.74) is 4.74. The van der Waals surface area contributed by atoms with Crippen LogP contribution in [0.3, 0.4) is 0 Å². The van der Waals surface area contributed by atoms with Crippen LogP contribution in [0.5, 0.6) is 11.5 Å². The number of nitrogens with one attached hydrogen (secondary N) is 2. The molecule has 0 bridgehead atoms. The summed E-state index contributed by atoms with van der Waals surface area (Å²) in [6, 6.07) is 13.0. The number of carbonyl (C=O) groups is 2. The third-order valence-electron chi connectivity index (χ3n) is 4.04. The Morgan fingerprint density at radius 3 is 2.45 bits per heavy atom. The Morgan fingerprint density at radius 2 is 1.79 bits per heavy atom. The van der Waals surface area contributed by atoms with E-state index in [1.165, 1.54) is 25.5 Å². The van der Waals surface area contributed by atoms with Gasteiger partial charge < -0.3 is 14.6 Å². The summed E-state index contributed by atoms with van der Waals surface area (Å²) in [6.45, 7) is 0. The van der Waals surface area contributed by atoms with E-state index in [1.807, 2.05) is 0 Å². The zero-order valence-corrected chi connectivity index (χ0v) is 15.7. The quantitative estimate of drug-likeness (QED) is 0.418. The SMILES string of the molecule is COc1ccc(-c2cc(C(=O)NN=Cc3ccc(C(=O)O)cc3)[nH]n2)cc1OC. The van der Waals surface area contributed by atoms with Gasteiger partial charge in [-0.1, -0.05) is 12.1 Å². The number of amides is 1. The lowest BCUT2D eigenvalue weighted by Crippen LogP contribution is -2.18. The predicted octanol–water partition coefficient (Wildman–Crippen LogP) is 2.56. The number of aromatic nitrogens is 2. The molecule has 0 saturated heterocycles. The molecule has 3 N–H and O–H groups in total. The van der Waals surface area contributed by atoms with E-state index in [0.29, 0.717) is 22.8 Å². The topological polar surface area (TPSA) is 126 Å². The van der Waals surface area contributed by atoms with Crippen LogP contribution in [0.4, 0.5) is 0 Å². The molecule has 0 fully saturated rings. The third kappa shape index (κ3) is 4.59. The number of nitrogens with zero attached hydrogens (tertiary/aromatic N) is 2. The van der Waals surface area contributed by atoms with Crippen LogP contribution in [0.2, 0.25) is 0 Å². The molecule has 9 heteroatoms. The molecule has 3 rings (SSSR count). The van der Waals surface area contributed by atoms with Crippen molar-refractivity contribution in [2.75, 3.05) is 14.2 Å². The molecule has 0 atom stereocenters. The van der Waals surface area contributed by atoms with Gasteiger partial charge in [0.05, 0.1) is 31.7 Å². The van der Waals surface area contributed by atoms with E-state index < -0.39 is 11.9 Å². The lowest BCUT2D eigenvalue weighted by atomic mass is 10.1. The van der Waals surface area contributed by atoms with Gasteiger partial charge in [0.2, 0.25) is 0 Å². The minimum atomic E-state index is -1.01. The maximum absolute atomic E-state index is 12.2. The fourth-order valence-electron chi connectivity index (χ4n) is 2.52. The largest absolute Gasteiger partial charge is 0.493 e. The number of carbonyl (C=O) groups excluding carboxylic acids is 1. The van der Waals surface area contributed by atoms with Crippen molar-refractivity contribution in [3.63, 3.8) is 0 Å². The number of methoxy groups -OCH3 is 2. The van der Waals surface area contributed by atoms with E-state index >= 15 is 0 Å². The van der Waals surface area contributed by atoms with Crippen LogP contribution in [0.1, 0.15) is 26.4 Å². The first-order chi connectivity index (χ1) is 14.0. The van der Waals surface area contributed by atoms with Crippen LogP contribution in [0.25, 0.3) is 11.3 Å². The van der Waals surface area contributed by atoms with Gasteiger partial charge in [-0.3, -0.25) is 9.89 Å². The maximum Gasteiger partial charge on any atom is 0.335 e. The molecular formula is C20H18N4O5. The molecule has 2 aromatic carbocycles. The lowest BCUT2D eigenvalue weighted by Gasteiger charge is -2.08. The Bertz CT molecular complexity index is 1060. The van der Waals surface area contributed by atoms with E-state index in [9.17, 15) is 9.59 Å². The molecule has 0 spiro atoms. The number of benzene rings is 2. The van der Waals surface area contributed by atoms with Gasteiger partial charge in [-0.15, -0.1) is 0 Å². The molecule has 1 amide bonds. The molecule has 3 aromatic rings. The van der Waals surface area contributed by atoms with Crippen molar-refractivity contribution < 1.29 is 24.2 Å². The van der Waals surface area contributed by atoms with Crippen LogP contribution >= 0.6 is 0 Å². The molecule has 29 heavy (non-hydrogen) atoms. The number of aromatic carboxylic acids is 1. The highest BCUT2D eigenvalue weighted by atomic mass is 16.5. The zero-order chi connectivity index (χ0) is 20.8. The summed E-state index contributed by atoms with van der Waals surface area (Å²) in [5.74, 6) is -0.332. The molecule has 1 heterocycles. The molecular weight excluding hydrogens is 376 g/mol. The first kappa shape index (κ1) is 19.6. The van der Waals surface area contributed by atoms with Crippen molar-refractivity contribution in [1.82, 2.24) is 15.6 Å². The third-order valence-corrected chi connectivity index (χ3v) is 4.04. The number of carboxylic acids is 1. The van der Waals surface area contributed by atoms with Crippen molar-refractivity contribution in [2.24, 2.45) is 5.10 Å². The molecule has 0 unspecified atom stereocenters. The summed E-state index contributed by atoms with van der Waals surface area (Å²) >= 11 is 0. The highest BCUT2D eigenvalue weighted by molar-refractivity contribution is 5.94. The summed E-state index contributed by atoms with van der Waals surface area (Å²) in [6.07, 6.45) is 1.41. The summed E-state index contributed by atoms with van der Waals surface area (Å²) in [4.78, 5) is 23.1. The van der Waals surface area contributed by atoms with E-state index in [1.54, 1.807) is 43.5 Å². The molecule has 0 aliphatic carbocycles. The number of rotatable bonds is 7. The lowest BCUT2D eigenvalue weighted by molar-refractivity contribution is 0.0696. The van der Waals surface area contributed by atoms with Crippen molar-refractivity contribution in [3.05, 3.63) is 65.4 Å². The molecule has 0 radical (unpaired) electrons. The van der Waals surface area contributed by atoms with E-state index in [-0.39, 0.29) is 11.3 Å². The number of H-pyrrole nitrogens is 1. The second-order valence-electron chi connectivity index (χ2n) is 5.86. The van der Waals surface area contributed by atoms with Gasteiger partial charge in [-0.25, -0.2) is 10.2 Å². The number of aromatic amines is 1. The van der Waals surface area contributed by atoms with E-state index in [0.717, 1.165) is 5.56 Å². The molecule has 0 saturated carbocycles. The van der Waals surface area contributed by atoms with Gasteiger partial charge in [0.15, 0.2) is 11.5 Å². The average Bonchev–Trinajstić information content (AvgIpc) is 3.24. The molecule has 1 aromatic heterocycles. The van der Waals surface area contributed by atoms with Gasteiger partial charge in [0.25, 0.3) is 5.91 Å². The second-order valence-corrected chi connectivity index (χ2v) is 5.86. The van der Waals surface area contributed by atoms with Crippen LogP contribution < -0.4 is 14.9 Å². The maximum atomic E-state index is 12.2. The number of hydrazone groups is 1. The highest BCUT2D eigenvalue weighted by Gasteiger charge is 2.12. The number of hydrogen-bond donors (Lipinski definition) is 3. The Kier molecular flexibility index (Phi) is 5.88. The second kappa shape index (κ2) is 8.70. The van der Waals surface area contributed by atoms with E-state index in [4.69, 9.17) is 14.6 Å². The van der Waals surface area contributed by atoms with Crippen LogP contribution in [-0.2, 0) is 0 Å². The van der Waals surface area contributed by atoms with Crippen LogP contribution in [-0.4, -0.2) is 47.6 Å². The number of hydrogen-bond acceptors (Lipinski definition) is 6.